The highest BCUT2D eigenvalue weighted by Crippen LogP contribution is 2.06. The summed E-state index contributed by atoms with van der Waals surface area (Å²) in [4.78, 5) is 11.2. The van der Waals surface area contributed by atoms with Crippen molar-refractivity contribution in [2.45, 2.75) is 25.3 Å². The van der Waals surface area contributed by atoms with E-state index >= 15 is 0 Å². The number of unbranched alkanes of at least 4 members (excludes halogenated alkanes) is 1. The van der Waals surface area contributed by atoms with Gasteiger partial charge in [0.1, 0.15) is 0 Å². The van der Waals surface area contributed by atoms with Crippen LogP contribution in [-0.2, 0) is 9.47 Å². The third-order valence-corrected chi connectivity index (χ3v) is 2.56. The van der Waals surface area contributed by atoms with Crippen LogP contribution in [0.1, 0.15) is 19.3 Å². The molecule has 0 aliphatic carbocycles. The zero-order chi connectivity index (χ0) is 13.8. The Morgan fingerprint density at radius 2 is 2.06 bits per heavy atom. The number of methoxy groups -OCH3 is 2. The minimum absolute atomic E-state index is 0.107. The largest absolute Gasteiger partial charge is 0.453 e. The first-order chi connectivity index (χ1) is 8.65. The highest BCUT2D eigenvalue weighted by atomic mass is 16.5. The molecule has 1 atom stereocenters. The highest BCUT2D eigenvalue weighted by Gasteiger charge is 2.14. The fraction of sp³-hybridized carbons (Fsp3) is 0.750. The van der Waals surface area contributed by atoms with Crippen LogP contribution in [0.4, 0.5) is 4.79 Å². The maximum absolute atomic E-state index is 11.2. The van der Waals surface area contributed by atoms with Crippen molar-refractivity contribution < 1.29 is 14.3 Å². The number of hydrogen-bond acceptors (Lipinski definition) is 5. The van der Waals surface area contributed by atoms with E-state index in [2.05, 4.69) is 27.3 Å². The number of ether oxygens (including phenoxy) is 2. The summed E-state index contributed by atoms with van der Waals surface area (Å²) in [5.41, 5.74) is 0.783. The molecule has 0 heterocycles. The first-order valence-electron chi connectivity index (χ1n) is 6.06. The standard InChI is InChI=1S/C12H25N3O3/c1-10(13-2)11(15-12(16)18-4)7-5-6-8-14-9-17-3/h11,13-14H,1,5-9H2,2-4H3,(H,15,16). The van der Waals surface area contributed by atoms with Gasteiger partial charge in [0.15, 0.2) is 0 Å². The summed E-state index contributed by atoms with van der Waals surface area (Å²) in [6.45, 7) is 5.33. The van der Waals surface area contributed by atoms with Crippen LogP contribution in [0.2, 0.25) is 0 Å². The predicted molar refractivity (Wildman–Crippen MR) is 71.3 cm³/mol. The van der Waals surface area contributed by atoms with Gasteiger partial charge in [-0.05, 0) is 25.8 Å². The van der Waals surface area contributed by atoms with Gasteiger partial charge in [0, 0.05) is 19.9 Å². The average molecular weight is 259 g/mol. The van der Waals surface area contributed by atoms with Gasteiger partial charge in [-0.15, -0.1) is 0 Å². The van der Waals surface area contributed by atoms with Gasteiger partial charge >= 0.3 is 6.09 Å². The molecule has 0 saturated carbocycles. The molecule has 0 spiro atoms. The Morgan fingerprint density at radius 3 is 2.61 bits per heavy atom. The van der Waals surface area contributed by atoms with Gasteiger partial charge in [-0.3, -0.25) is 5.32 Å². The van der Waals surface area contributed by atoms with Crippen LogP contribution in [0.25, 0.3) is 0 Å². The molecule has 6 nitrogen and oxygen atoms in total. The van der Waals surface area contributed by atoms with E-state index in [1.54, 1.807) is 14.2 Å². The van der Waals surface area contributed by atoms with Gasteiger partial charge in [0.05, 0.1) is 19.9 Å². The molecule has 0 rings (SSSR count). The van der Waals surface area contributed by atoms with Gasteiger partial charge in [0.25, 0.3) is 0 Å². The van der Waals surface area contributed by atoms with Crippen LogP contribution >= 0.6 is 0 Å². The number of nitrogens with one attached hydrogen (secondary N) is 3. The third kappa shape index (κ3) is 7.92. The second kappa shape index (κ2) is 10.9. The van der Waals surface area contributed by atoms with Gasteiger partial charge in [-0.1, -0.05) is 6.58 Å². The Bertz CT molecular complexity index is 247. The van der Waals surface area contributed by atoms with Crippen LogP contribution in [0.3, 0.4) is 0 Å². The molecule has 0 bridgehead atoms. The minimum Gasteiger partial charge on any atom is -0.453 e. The second-order valence-corrected chi connectivity index (χ2v) is 3.89. The smallest absolute Gasteiger partial charge is 0.407 e. The predicted octanol–water partition coefficient (Wildman–Crippen LogP) is 0.808. The lowest BCUT2D eigenvalue weighted by molar-refractivity contribution is 0.167. The number of rotatable bonds is 10. The lowest BCUT2D eigenvalue weighted by Gasteiger charge is -2.20. The lowest BCUT2D eigenvalue weighted by Crippen LogP contribution is -2.39. The molecular formula is C12H25N3O3. The molecule has 0 fully saturated rings. The molecule has 106 valence electrons. The summed E-state index contributed by atoms with van der Waals surface area (Å²) in [7, 11) is 4.79. The third-order valence-electron chi connectivity index (χ3n) is 2.56. The van der Waals surface area contributed by atoms with E-state index in [0.717, 1.165) is 31.5 Å². The molecule has 0 aliphatic rings. The lowest BCUT2D eigenvalue weighted by atomic mass is 10.1. The molecule has 6 heteroatoms. The Labute approximate surface area is 109 Å². The molecule has 3 N–H and O–H groups in total. The fourth-order valence-electron chi connectivity index (χ4n) is 1.48. The van der Waals surface area contributed by atoms with Crippen molar-refractivity contribution in [3.63, 3.8) is 0 Å². The van der Waals surface area contributed by atoms with Crippen molar-refractivity contribution in [1.29, 1.82) is 0 Å². The molecule has 18 heavy (non-hydrogen) atoms. The van der Waals surface area contributed by atoms with Gasteiger partial charge in [-0.2, -0.15) is 0 Å². The summed E-state index contributed by atoms with van der Waals surface area (Å²) in [6.07, 6.45) is 2.38. The number of carbonyl (C=O) groups is 1. The molecule has 0 aromatic rings. The van der Waals surface area contributed by atoms with E-state index in [-0.39, 0.29) is 6.04 Å². The maximum atomic E-state index is 11.2. The molecule has 0 aromatic heterocycles. The number of hydrogen-bond donors (Lipinski definition) is 3. The van der Waals surface area contributed by atoms with Crippen molar-refractivity contribution in [1.82, 2.24) is 16.0 Å². The van der Waals surface area contributed by atoms with Crippen LogP contribution in [0.5, 0.6) is 0 Å². The van der Waals surface area contributed by atoms with E-state index in [4.69, 9.17) is 4.74 Å². The summed E-state index contributed by atoms with van der Waals surface area (Å²) < 4.78 is 9.47. The van der Waals surface area contributed by atoms with E-state index in [1.807, 2.05) is 0 Å². The van der Waals surface area contributed by atoms with Crippen molar-refractivity contribution in [3.8, 4) is 0 Å². The average Bonchev–Trinajstić information content (AvgIpc) is 2.40. The normalized spacial score (nSPS) is 11.7. The quantitative estimate of drug-likeness (QED) is 0.400. The molecular weight excluding hydrogens is 234 g/mol. The molecule has 0 radical (unpaired) electrons. The second-order valence-electron chi connectivity index (χ2n) is 3.89. The maximum Gasteiger partial charge on any atom is 0.407 e. The number of amides is 1. The first kappa shape index (κ1) is 16.7. The summed E-state index contributed by atoms with van der Waals surface area (Å²) in [5, 5.41) is 8.84. The molecule has 1 amide bonds. The molecule has 1 unspecified atom stereocenters. The number of carbonyl (C=O) groups excluding carboxylic acids is 1. The molecule has 0 aliphatic heterocycles. The van der Waals surface area contributed by atoms with Gasteiger partial charge < -0.3 is 20.1 Å². The van der Waals surface area contributed by atoms with E-state index in [0.29, 0.717) is 6.73 Å². The Hall–Kier alpha value is -1.27. The van der Waals surface area contributed by atoms with Gasteiger partial charge in [-0.25, -0.2) is 4.79 Å². The van der Waals surface area contributed by atoms with Crippen LogP contribution < -0.4 is 16.0 Å². The minimum atomic E-state index is -0.436. The van der Waals surface area contributed by atoms with Crippen LogP contribution in [-0.4, -0.2) is 46.7 Å². The summed E-state index contributed by atoms with van der Waals surface area (Å²) in [5.74, 6) is 0. The van der Waals surface area contributed by atoms with E-state index in [9.17, 15) is 4.79 Å². The first-order valence-corrected chi connectivity index (χ1v) is 6.06. The fourth-order valence-corrected chi connectivity index (χ4v) is 1.48. The monoisotopic (exact) mass is 259 g/mol. The van der Waals surface area contributed by atoms with Gasteiger partial charge in [0.2, 0.25) is 0 Å². The van der Waals surface area contributed by atoms with Crippen molar-refractivity contribution >= 4 is 6.09 Å². The number of likely N-dealkylation sites (N-methyl/N-ethyl adjacent to an activating group) is 1. The molecule has 0 aromatic carbocycles. The Morgan fingerprint density at radius 1 is 1.33 bits per heavy atom. The molecule has 0 saturated heterocycles. The summed E-state index contributed by atoms with van der Waals surface area (Å²) >= 11 is 0. The SMILES string of the molecule is C=C(NC)C(CCCCNCOC)NC(=O)OC. The Balaban J connectivity index is 3.87. The van der Waals surface area contributed by atoms with E-state index in [1.165, 1.54) is 7.11 Å². The summed E-state index contributed by atoms with van der Waals surface area (Å²) in [6, 6.07) is -0.107. The zero-order valence-electron chi connectivity index (χ0n) is 11.5. The topological polar surface area (TPSA) is 71.6 Å². The van der Waals surface area contributed by atoms with Crippen molar-refractivity contribution in [3.05, 3.63) is 12.3 Å². The van der Waals surface area contributed by atoms with Crippen molar-refractivity contribution in [2.75, 3.05) is 34.5 Å². The number of alkyl carbamates (subject to hydrolysis) is 1. The van der Waals surface area contributed by atoms with Crippen LogP contribution in [0.15, 0.2) is 12.3 Å². The zero-order valence-corrected chi connectivity index (χ0v) is 11.5. The Kier molecular flexibility index (Phi) is 10.1. The van der Waals surface area contributed by atoms with E-state index < -0.39 is 6.09 Å². The van der Waals surface area contributed by atoms with Crippen molar-refractivity contribution in [2.24, 2.45) is 0 Å². The highest BCUT2D eigenvalue weighted by molar-refractivity contribution is 5.67. The van der Waals surface area contributed by atoms with Crippen LogP contribution in [0, 0.1) is 0 Å².